The molecule has 0 aliphatic heterocycles. The first kappa shape index (κ1) is 15.0. The first-order valence-electron chi connectivity index (χ1n) is 6.73. The van der Waals surface area contributed by atoms with Crippen LogP contribution in [0.25, 0.3) is 0 Å². The Hall–Kier alpha value is -2.44. The molecule has 1 saturated carbocycles. The molecule has 1 aliphatic rings. The zero-order valence-electron chi connectivity index (χ0n) is 11.5. The van der Waals surface area contributed by atoms with Crippen molar-refractivity contribution in [3.05, 3.63) is 39.4 Å². The summed E-state index contributed by atoms with van der Waals surface area (Å²) in [5.74, 6) is -1.68. The third kappa shape index (κ3) is 3.18. The number of carbonyl (C=O) groups excluding carboxylic acids is 1. The van der Waals surface area contributed by atoms with Gasteiger partial charge in [-0.1, -0.05) is 13.0 Å². The minimum atomic E-state index is -0.858. The van der Waals surface area contributed by atoms with E-state index in [1.165, 1.54) is 6.07 Å². The van der Waals surface area contributed by atoms with E-state index in [1.54, 1.807) is 12.1 Å². The van der Waals surface area contributed by atoms with Crippen LogP contribution in [0.15, 0.2) is 18.2 Å². The molecule has 2 N–H and O–H groups in total. The lowest BCUT2D eigenvalue weighted by Gasteiger charge is -2.32. The number of carboxylic acids is 1. The molecule has 0 heterocycles. The van der Waals surface area contributed by atoms with Crippen molar-refractivity contribution < 1.29 is 19.6 Å². The van der Waals surface area contributed by atoms with E-state index in [-0.39, 0.29) is 17.3 Å². The molecule has 0 bridgehead atoms. The number of hydrogen-bond acceptors (Lipinski definition) is 4. The number of nitro benzene ring substituents is 1. The molecule has 1 amide bonds. The van der Waals surface area contributed by atoms with E-state index in [0.717, 1.165) is 0 Å². The Morgan fingerprint density at radius 2 is 2.10 bits per heavy atom. The number of carbonyl (C=O) groups is 2. The Bertz CT molecular complexity index is 593. The lowest BCUT2D eigenvalue weighted by atomic mass is 9.80. The van der Waals surface area contributed by atoms with Crippen LogP contribution in [0.3, 0.4) is 0 Å². The highest BCUT2D eigenvalue weighted by atomic mass is 16.6. The van der Waals surface area contributed by atoms with E-state index in [4.69, 9.17) is 5.11 Å². The molecule has 2 rings (SSSR count). The summed E-state index contributed by atoms with van der Waals surface area (Å²) in [6.07, 6.45) is 1.31. The summed E-state index contributed by atoms with van der Waals surface area (Å²) in [5, 5.41) is 22.4. The molecule has 0 radical (unpaired) electrons. The van der Waals surface area contributed by atoms with Gasteiger partial charge in [0.15, 0.2) is 0 Å². The normalized spacial score (nSPS) is 20.4. The predicted molar refractivity (Wildman–Crippen MR) is 74.1 cm³/mol. The molecule has 1 aromatic carbocycles. The van der Waals surface area contributed by atoms with Gasteiger partial charge in [-0.25, -0.2) is 0 Å². The van der Waals surface area contributed by atoms with Gasteiger partial charge in [-0.15, -0.1) is 0 Å². The molecule has 0 unspecified atom stereocenters. The second-order valence-electron chi connectivity index (χ2n) is 5.13. The minimum absolute atomic E-state index is 0.0674. The van der Waals surface area contributed by atoms with Crippen molar-refractivity contribution >= 4 is 17.6 Å². The molecule has 7 nitrogen and oxygen atoms in total. The quantitative estimate of drug-likeness (QED) is 0.634. The van der Waals surface area contributed by atoms with E-state index in [2.05, 4.69) is 5.32 Å². The van der Waals surface area contributed by atoms with Gasteiger partial charge in [-0.05, 0) is 25.3 Å². The molecular formula is C14H16N2O5. The van der Waals surface area contributed by atoms with E-state index >= 15 is 0 Å². The summed E-state index contributed by atoms with van der Waals surface area (Å²) in [4.78, 5) is 33.2. The SMILES string of the molecule is CCc1ccc(C(=O)NC2CC(C(=O)O)C2)cc1[N+](=O)[O-]. The highest BCUT2D eigenvalue weighted by molar-refractivity contribution is 5.95. The van der Waals surface area contributed by atoms with Crippen molar-refractivity contribution in [2.45, 2.75) is 32.2 Å². The summed E-state index contributed by atoms with van der Waals surface area (Å²) >= 11 is 0. The summed E-state index contributed by atoms with van der Waals surface area (Å²) in [5.41, 5.74) is 0.728. The highest BCUT2D eigenvalue weighted by Gasteiger charge is 2.35. The van der Waals surface area contributed by atoms with Crippen molar-refractivity contribution in [2.75, 3.05) is 0 Å². The van der Waals surface area contributed by atoms with Crippen LogP contribution in [0.5, 0.6) is 0 Å². The Balaban J connectivity index is 2.05. The van der Waals surface area contributed by atoms with Crippen molar-refractivity contribution in [3.63, 3.8) is 0 Å². The van der Waals surface area contributed by atoms with Gasteiger partial charge in [0.25, 0.3) is 11.6 Å². The minimum Gasteiger partial charge on any atom is -0.481 e. The second-order valence-corrected chi connectivity index (χ2v) is 5.13. The van der Waals surface area contributed by atoms with Gasteiger partial charge < -0.3 is 10.4 Å². The number of amides is 1. The van der Waals surface area contributed by atoms with Crippen LogP contribution >= 0.6 is 0 Å². The van der Waals surface area contributed by atoms with Gasteiger partial charge in [-0.3, -0.25) is 19.7 Å². The standard InChI is InChI=1S/C14H16N2O5/c1-2-8-3-4-9(7-12(8)16(20)21)13(17)15-11-5-10(6-11)14(18)19/h3-4,7,10-11H,2,5-6H2,1H3,(H,15,17)(H,18,19). The Morgan fingerprint density at radius 1 is 1.43 bits per heavy atom. The molecular weight excluding hydrogens is 276 g/mol. The van der Waals surface area contributed by atoms with E-state index < -0.39 is 22.7 Å². The number of aliphatic carboxylic acids is 1. The van der Waals surface area contributed by atoms with Gasteiger partial charge in [0, 0.05) is 23.2 Å². The van der Waals surface area contributed by atoms with E-state index in [1.807, 2.05) is 6.92 Å². The number of nitrogens with one attached hydrogen (secondary N) is 1. The summed E-state index contributed by atoms with van der Waals surface area (Å²) < 4.78 is 0. The van der Waals surface area contributed by atoms with Crippen LogP contribution in [-0.4, -0.2) is 27.9 Å². The Kier molecular flexibility index (Phi) is 4.21. The van der Waals surface area contributed by atoms with Gasteiger partial charge in [0.1, 0.15) is 0 Å². The topological polar surface area (TPSA) is 110 Å². The van der Waals surface area contributed by atoms with Crippen LogP contribution in [0.4, 0.5) is 5.69 Å². The van der Waals surface area contributed by atoms with E-state index in [9.17, 15) is 19.7 Å². The smallest absolute Gasteiger partial charge is 0.306 e. The number of aryl methyl sites for hydroxylation is 1. The summed E-state index contributed by atoms with van der Waals surface area (Å²) in [6, 6.07) is 4.22. The fourth-order valence-electron chi connectivity index (χ4n) is 2.38. The lowest BCUT2D eigenvalue weighted by molar-refractivity contribution is -0.385. The molecule has 21 heavy (non-hydrogen) atoms. The zero-order chi connectivity index (χ0) is 15.6. The Morgan fingerprint density at radius 3 is 2.62 bits per heavy atom. The van der Waals surface area contributed by atoms with Crippen LogP contribution < -0.4 is 5.32 Å². The molecule has 112 valence electrons. The molecule has 0 aromatic heterocycles. The van der Waals surface area contributed by atoms with Crippen LogP contribution in [0.2, 0.25) is 0 Å². The summed E-state index contributed by atoms with van der Waals surface area (Å²) in [7, 11) is 0. The fourth-order valence-corrected chi connectivity index (χ4v) is 2.38. The van der Waals surface area contributed by atoms with Crippen molar-refractivity contribution in [1.29, 1.82) is 0 Å². The van der Waals surface area contributed by atoms with Crippen molar-refractivity contribution in [2.24, 2.45) is 5.92 Å². The molecule has 0 spiro atoms. The first-order chi connectivity index (χ1) is 9.92. The average molecular weight is 292 g/mol. The largest absolute Gasteiger partial charge is 0.481 e. The number of benzene rings is 1. The lowest BCUT2D eigenvalue weighted by Crippen LogP contribution is -2.46. The number of hydrogen-bond donors (Lipinski definition) is 2. The monoisotopic (exact) mass is 292 g/mol. The maximum absolute atomic E-state index is 12.0. The molecule has 0 atom stereocenters. The van der Waals surface area contributed by atoms with Crippen molar-refractivity contribution in [1.82, 2.24) is 5.32 Å². The molecule has 1 aromatic rings. The van der Waals surface area contributed by atoms with Gasteiger partial charge in [0.05, 0.1) is 10.8 Å². The van der Waals surface area contributed by atoms with Crippen LogP contribution in [0.1, 0.15) is 35.7 Å². The second kappa shape index (κ2) is 5.90. The van der Waals surface area contributed by atoms with Crippen LogP contribution in [-0.2, 0) is 11.2 Å². The number of carboxylic acid groups (broad SMARTS) is 1. The number of rotatable bonds is 5. The zero-order valence-corrected chi connectivity index (χ0v) is 11.5. The van der Waals surface area contributed by atoms with Gasteiger partial charge in [0.2, 0.25) is 0 Å². The maximum Gasteiger partial charge on any atom is 0.306 e. The number of nitro groups is 1. The maximum atomic E-state index is 12.0. The predicted octanol–water partition coefficient (Wildman–Crippen LogP) is 1.75. The Labute approximate surface area is 121 Å². The van der Waals surface area contributed by atoms with E-state index in [0.29, 0.717) is 24.8 Å². The molecule has 0 saturated heterocycles. The molecule has 7 heteroatoms. The van der Waals surface area contributed by atoms with Gasteiger partial charge >= 0.3 is 5.97 Å². The van der Waals surface area contributed by atoms with Crippen LogP contribution in [0, 0.1) is 16.0 Å². The fraction of sp³-hybridized carbons (Fsp3) is 0.429. The molecule has 1 fully saturated rings. The molecule has 1 aliphatic carbocycles. The third-order valence-corrected chi connectivity index (χ3v) is 3.75. The highest BCUT2D eigenvalue weighted by Crippen LogP contribution is 2.28. The summed E-state index contributed by atoms with van der Waals surface area (Å²) in [6.45, 7) is 1.81. The van der Waals surface area contributed by atoms with Gasteiger partial charge in [-0.2, -0.15) is 0 Å². The van der Waals surface area contributed by atoms with Crippen molar-refractivity contribution in [3.8, 4) is 0 Å². The average Bonchev–Trinajstić information content (AvgIpc) is 2.40. The number of nitrogens with zero attached hydrogens (tertiary/aromatic N) is 1. The third-order valence-electron chi connectivity index (χ3n) is 3.75. The first-order valence-corrected chi connectivity index (χ1v) is 6.73.